The van der Waals surface area contributed by atoms with E-state index in [1.165, 1.54) is 18.4 Å². The number of thiophene rings is 1. The average Bonchev–Trinajstić information content (AvgIpc) is 3.24. The van der Waals surface area contributed by atoms with Crippen LogP contribution in [-0.4, -0.2) is 30.6 Å². The first-order valence-corrected chi connectivity index (χ1v) is 9.11. The van der Waals surface area contributed by atoms with E-state index in [1.54, 1.807) is 35.6 Å². The highest BCUT2D eigenvalue weighted by Gasteiger charge is 2.24. The molecule has 1 atom stereocenters. The third kappa shape index (κ3) is 4.47. The van der Waals surface area contributed by atoms with Crippen LogP contribution in [-0.2, 0) is 0 Å². The number of carbonyl (C=O) groups is 1. The summed E-state index contributed by atoms with van der Waals surface area (Å²) in [5, 5.41) is 10.7. The molecular weight excluding hydrogens is 330 g/mol. The SMILES string of the molecule is O=C(NCC(c1ccsc1)N1CCCC1)Nc1ccc(Cl)cc1. The van der Waals surface area contributed by atoms with Gasteiger partial charge in [0.05, 0.1) is 6.04 Å². The summed E-state index contributed by atoms with van der Waals surface area (Å²) in [6.07, 6.45) is 2.47. The number of nitrogens with one attached hydrogen (secondary N) is 2. The first kappa shape index (κ1) is 16.3. The number of likely N-dealkylation sites (tertiary alicyclic amines) is 1. The van der Waals surface area contributed by atoms with Crippen LogP contribution in [0.25, 0.3) is 0 Å². The monoisotopic (exact) mass is 349 g/mol. The van der Waals surface area contributed by atoms with Gasteiger partial charge in [-0.25, -0.2) is 4.79 Å². The van der Waals surface area contributed by atoms with Crippen LogP contribution < -0.4 is 10.6 Å². The lowest BCUT2D eigenvalue weighted by molar-refractivity contribution is 0.228. The molecule has 0 spiro atoms. The van der Waals surface area contributed by atoms with Crippen LogP contribution in [0.2, 0.25) is 5.02 Å². The summed E-state index contributed by atoms with van der Waals surface area (Å²) < 4.78 is 0. The second-order valence-corrected chi connectivity index (χ2v) is 6.87. The van der Waals surface area contributed by atoms with Crippen molar-refractivity contribution in [1.29, 1.82) is 0 Å². The van der Waals surface area contributed by atoms with Crippen LogP contribution in [0.5, 0.6) is 0 Å². The third-order valence-corrected chi connectivity index (χ3v) is 5.02. The maximum atomic E-state index is 12.1. The molecule has 2 N–H and O–H groups in total. The Hall–Kier alpha value is -1.56. The predicted octanol–water partition coefficient (Wildman–Crippen LogP) is 4.36. The molecule has 2 heterocycles. The molecule has 0 radical (unpaired) electrons. The molecule has 1 aliphatic rings. The molecule has 4 nitrogen and oxygen atoms in total. The van der Waals surface area contributed by atoms with Crippen molar-refractivity contribution in [3.8, 4) is 0 Å². The molecule has 1 aromatic heterocycles. The number of rotatable bonds is 5. The van der Waals surface area contributed by atoms with E-state index in [0.717, 1.165) is 18.8 Å². The minimum absolute atomic E-state index is 0.188. The lowest BCUT2D eigenvalue weighted by atomic mass is 10.1. The highest BCUT2D eigenvalue weighted by molar-refractivity contribution is 7.07. The fraction of sp³-hybridized carbons (Fsp3) is 0.353. The number of hydrogen-bond acceptors (Lipinski definition) is 3. The fourth-order valence-electron chi connectivity index (χ4n) is 2.87. The standard InChI is InChI=1S/C17H20ClN3OS/c18-14-3-5-15(6-4-14)20-17(22)19-11-16(13-7-10-23-12-13)21-8-1-2-9-21/h3-7,10,12,16H,1-2,8-9,11H2,(H2,19,20,22). The van der Waals surface area contributed by atoms with Crippen LogP contribution in [0.1, 0.15) is 24.4 Å². The van der Waals surface area contributed by atoms with Gasteiger partial charge in [-0.2, -0.15) is 11.3 Å². The Bertz CT molecular complexity index is 624. The lowest BCUT2D eigenvalue weighted by Crippen LogP contribution is -2.38. The van der Waals surface area contributed by atoms with E-state index < -0.39 is 0 Å². The molecule has 1 saturated heterocycles. The molecule has 23 heavy (non-hydrogen) atoms. The van der Waals surface area contributed by atoms with E-state index >= 15 is 0 Å². The Morgan fingerprint density at radius 1 is 1.22 bits per heavy atom. The van der Waals surface area contributed by atoms with E-state index in [2.05, 4.69) is 32.4 Å². The van der Waals surface area contributed by atoms with Gasteiger partial charge in [-0.15, -0.1) is 0 Å². The number of benzene rings is 1. The van der Waals surface area contributed by atoms with Gasteiger partial charge >= 0.3 is 6.03 Å². The van der Waals surface area contributed by atoms with Crippen LogP contribution >= 0.6 is 22.9 Å². The maximum Gasteiger partial charge on any atom is 0.319 e. The molecule has 0 saturated carbocycles. The molecule has 1 aliphatic heterocycles. The molecule has 2 aromatic rings. The highest BCUT2D eigenvalue weighted by atomic mass is 35.5. The Labute approximate surface area is 145 Å². The predicted molar refractivity (Wildman–Crippen MR) is 96.3 cm³/mol. The fourth-order valence-corrected chi connectivity index (χ4v) is 3.71. The Balaban J connectivity index is 1.57. The number of urea groups is 1. The summed E-state index contributed by atoms with van der Waals surface area (Å²) in [6, 6.07) is 9.31. The zero-order valence-corrected chi connectivity index (χ0v) is 14.4. The van der Waals surface area contributed by atoms with Gasteiger partial charge in [0.2, 0.25) is 0 Å². The largest absolute Gasteiger partial charge is 0.336 e. The van der Waals surface area contributed by atoms with Gasteiger partial charge in [0.25, 0.3) is 0 Å². The molecule has 1 aromatic carbocycles. The van der Waals surface area contributed by atoms with Crippen molar-refractivity contribution >= 4 is 34.7 Å². The quantitative estimate of drug-likeness (QED) is 0.842. The smallest absolute Gasteiger partial charge is 0.319 e. The van der Waals surface area contributed by atoms with Crippen molar-refractivity contribution in [3.63, 3.8) is 0 Å². The second kappa shape index (κ2) is 7.81. The Kier molecular flexibility index (Phi) is 5.54. The number of nitrogens with zero attached hydrogens (tertiary/aromatic N) is 1. The van der Waals surface area contributed by atoms with Crippen molar-refractivity contribution in [2.45, 2.75) is 18.9 Å². The van der Waals surface area contributed by atoms with Crippen molar-refractivity contribution in [2.75, 3.05) is 25.0 Å². The number of anilines is 1. The topological polar surface area (TPSA) is 44.4 Å². The number of amides is 2. The minimum Gasteiger partial charge on any atom is -0.336 e. The van der Waals surface area contributed by atoms with Crippen LogP contribution in [0.3, 0.4) is 0 Å². The second-order valence-electron chi connectivity index (χ2n) is 5.66. The minimum atomic E-state index is -0.188. The van der Waals surface area contributed by atoms with Crippen LogP contribution in [0, 0.1) is 0 Å². The molecule has 1 fully saturated rings. The van der Waals surface area contributed by atoms with Crippen molar-refractivity contribution in [1.82, 2.24) is 10.2 Å². The molecule has 0 aliphatic carbocycles. The summed E-state index contributed by atoms with van der Waals surface area (Å²) >= 11 is 7.55. The van der Waals surface area contributed by atoms with E-state index in [1.807, 2.05) is 0 Å². The first-order valence-electron chi connectivity index (χ1n) is 7.79. The number of hydrogen-bond donors (Lipinski definition) is 2. The zero-order chi connectivity index (χ0) is 16.1. The summed E-state index contributed by atoms with van der Waals surface area (Å²) in [7, 11) is 0. The molecule has 1 unspecified atom stereocenters. The number of halogens is 1. The van der Waals surface area contributed by atoms with Gasteiger partial charge in [0, 0.05) is 17.3 Å². The van der Waals surface area contributed by atoms with Crippen molar-refractivity contribution in [2.24, 2.45) is 0 Å². The normalized spacial score (nSPS) is 16.2. The van der Waals surface area contributed by atoms with Crippen LogP contribution in [0.4, 0.5) is 10.5 Å². The van der Waals surface area contributed by atoms with E-state index in [0.29, 0.717) is 11.6 Å². The lowest BCUT2D eigenvalue weighted by Gasteiger charge is -2.27. The van der Waals surface area contributed by atoms with Gasteiger partial charge in [0.15, 0.2) is 0 Å². The molecule has 2 amide bonds. The van der Waals surface area contributed by atoms with E-state index in [4.69, 9.17) is 11.6 Å². The molecule has 0 bridgehead atoms. The van der Waals surface area contributed by atoms with Gasteiger partial charge in [-0.3, -0.25) is 4.90 Å². The van der Waals surface area contributed by atoms with Gasteiger partial charge in [0.1, 0.15) is 0 Å². The Morgan fingerprint density at radius 2 is 1.96 bits per heavy atom. The van der Waals surface area contributed by atoms with Gasteiger partial charge in [-0.05, 0) is 72.6 Å². The zero-order valence-electron chi connectivity index (χ0n) is 12.8. The third-order valence-electron chi connectivity index (χ3n) is 4.07. The van der Waals surface area contributed by atoms with E-state index in [-0.39, 0.29) is 12.1 Å². The number of carbonyl (C=O) groups excluding carboxylic acids is 1. The molecule has 3 rings (SSSR count). The van der Waals surface area contributed by atoms with Crippen molar-refractivity contribution in [3.05, 3.63) is 51.7 Å². The average molecular weight is 350 g/mol. The Morgan fingerprint density at radius 3 is 2.61 bits per heavy atom. The molecular formula is C17H20ClN3OS. The summed E-state index contributed by atoms with van der Waals surface area (Å²) in [5.74, 6) is 0. The molecule has 6 heteroatoms. The van der Waals surface area contributed by atoms with E-state index in [9.17, 15) is 4.79 Å². The summed E-state index contributed by atoms with van der Waals surface area (Å²) in [5.41, 5.74) is 2.02. The van der Waals surface area contributed by atoms with Crippen LogP contribution in [0.15, 0.2) is 41.1 Å². The maximum absolute atomic E-state index is 12.1. The summed E-state index contributed by atoms with van der Waals surface area (Å²) in [4.78, 5) is 14.6. The first-order chi connectivity index (χ1) is 11.2. The van der Waals surface area contributed by atoms with Gasteiger partial charge in [-0.1, -0.05) is 11.6 Å². The summed E-state index contributed by atoms with van der Waals surface area (Å²) in [6.45, 7) is 2.80. The van der Waals surface area contributed by atoms with Gasteiger partial charge < -0.3 is 10.6 Å². The molecule has 122 valence electrons. The van der Waals surface area contributed by atoms with Crippen molar-refractivity contribution < 1.29 is 4.79 Å². The highest BCUT2D eigenvalue weighted by Crippen LogP contribution is 2.26.